The maximum atomic E-state index is 12.2. The Kier molecular flexibility index (Phi) is 5.16. The van der Waals surface area contributed by atoms with Crippen molar-refractivity contribution in [1.82, 2.24) is 4.41 Å². The molecule has 0 saturated carbocycles. The molecule has 0 aliphatic rings. The van der Waals surface area contributed by atoms with Gasteiger partial charge in [0.2, 0.25) is 0 Å². The third-order valence-electron chi connectivity index (χ3n) is 3.06. The van der Waals surface area contributed by atoms with E-state index >= 15 is 0 Å². The van der Waals surface area contributed by atoms with Crippen LogP contribution in [-0.2, 0) is 10.0 Å². The van der Waals surface area contributed by atoms with E-state index in [1.54, 1.807) is 0 Å². The van der Waals surface area contributed by atoms with Gasteiger partial charge in [0, 0.05) is 0 Å². The largest absolute Gasteiger partial charge is 0.457 e. The van der Waals surface area contributed by atoms with Crippen molar-refractivity contribution in [3.8, 4) is 0 Å². The molecule has 0 aliphatic carbocycles. The van der Waals surface area contributed by atoms with Gasteiger partial charge in [-0.15, -0.1) is 0 Å². The average Bonchev–Trinajstić information content (AvgIpc) is 2.47. The van der Waals surface area contributed by atoms with Crippen LogP contribution in [0.4, 0.5) is 0 Å². The molecule has 0 heterocycles. The predicted molar refractivity (Wildman–Crippen MR) is 74.3 cm³/mol. The number of nitro groups is 3. The molecule has 1 aromatic carbocycles. The van der Waals surface area contributed by atoms with Crippen LogP contribution < -0.4 is 0 Å². The summed E-state index contributed by atoms with van der Waals surface area (Å²) in [6.45, 7) is -0.372. The lowest BCUT2D eigenvalue weighted by Gasteiger charge is -2.17. The minimum atomic E-state index is -4.59. The Bertz CT molecular complexity index is 706. The Balaban J connectivity index is 3.13. The number of nitrogens with zero attached hydrogens (tertiary/aromatic N) is 4. The molecule has 12 nitrogen and oxygen atoms in total. The summed E-state index contributed by atoms with van der Waals surface area (Å²) in [5.41, 5.74) is -2.74. The van der Waals surface area contributed by atoms with E-state index in [4.69, 9.17) is 0 Å². The van der Waals surface area contributed by atoms with Crippen molar-refractivity contribution in [3.63, 3.8) is 0 Å². The van der Waals surface area contributed by atoms with Gasteiger partial charge < -0.3 is 0 Å². The second-order valence-electron chi connectivity index (χ2n) is 4.58. The van der Waals surface area contributed by atoms with Gasteiger partial charge in [0.05, 0.1) is 21.7 Å². The first-order chi connectivity index (χ1) is 10.5. The Morgan fingerprint density at radius 1 is 1.04 bits per heavy atom. The highest BCUT2D eigenvalue weighted by molar-refractivity contribution is 7.89. The van der Waals surface area contributed by atoms with Crippen LogP contribution in [0.2, 0.25) is 0 Å². The van der Waals surface area contributed by atoms with E-state index in [9.17, 15) is 38.8 Å². The van der Waals surface area contributed by atoms with Crippen LogP contribution in [0.5, 0.6) is 0 Å². The molecule has 1 rings (SSSR count). The van der Waals surface area contributed by atoms with Crippen LogP contribution in [0, 0.1) is 30.3 Å². The Morgan fingerprint density at radius 3 is 1.91 bits per heavy atom. The maximum Gasteiger partial charge on any atom is 0.457 e. The van der Waals surface area contributed by atoms with E-state index in [-0.39, 0.29) is 4.41 Å². The first kappa shape index (κ1) is 18.2. The molecule has 0 aliphatic heterocycles. The Morgan fingerprint density at radius 2 is 1.52 bits per heavy atom. The molecule has 0 N–H and O–H groups in total. The van der Waals surface area contributed by atoms with E-state index in [1.165, 1.54) is 18.2 Å². The summed E-state index contributed by atoms with van der Waals surface area (Å²) in [5, 5.41) is 31.3. The fraction of sp³-hybridized carbons (Fsp3) is 0.400. The quantitative estimate of drug-likeness (QED) is 0.372. The molecule has 0 bridgehead atoms. The molecule has 0 unspecified atom stereocenters. The van der Waals surface area contributed by atoms with Gasteiger partial charge in [-0.2, -0.15) is 8.42 Å². The molecule has 0 spiro atoms. The van der Waals surface area contributed by atoms with E-state index in [1.807, 2.05) is 0 Å². The van der Waals surface area contributed by atoms with Crippen molar-refractivity contribution in [3.05, 3.63) is 60.7 Å². The summed E-state index contributed by atoms with van der Waals surface area (Å²) in [4.78, 5) is 29.7. The van der Waals surface area contributed by atoms with Crippen LogP contribution in [0.1, 0.15) is 13.3 Å². The number of hydrogen-bond donors (Lipinski definition) is 0. The van der Waals surface area contributed by atoms with Gasteiger partial charge >= 0.3 is 15.7 Å². The van der Waals surface area contributed by atoms with Gasteiger partial charge in [0.25, 0.3) is 0 Å². The zero-order chi connectivity index (χ0) is 17.8. The molecular weight excluding hydrogens is 336 g/mol. The summed E-state index contributed by atoms with van der Waals surface area (Å²) in [6, 6.07) is 6.37. The molecular formula is C10H12N4O8S. The van der Waals surface area contributed by atoms with E-state index < -0.39 is 48.4 Å². The molecule has 126 valence electrons. The SMILES string of the molecule is CC(CCN([N+](=O)[O-])S(=O)(=O)c1ccccc1)([N+](=O)[O-])[N+](=O)[O-]. The predicted octanol–water partition coefficient (Wildman–Crippen LogP) is 0.529. The minimum Gasteiger partial charge on any atom is -0.258 e. The second kappa shape index (κ2) is 6.51. The highest BCUT2D eigenvalue weighted by Crippen LogP contribution is 2.20. The molecule has 0 atom stereocenters. The van der Waals surface area contributed by atoms with E-state index in [0.29, 0.717) is 6.92 Å². The third kappa shape index (κ3) is 3.68. The van der Waals surface area contributed by atoms with Crippen LogP contribution in [0.3, 0.4) is 0 Å². The Labute approximate surface area is 129 Å². The lowest BCUT2D eigenvalue weighted by atomic mass is 10.1. The molecule has 0 fully saturated rings. The number of benzene rings is 1. The van der Waals surface area contributed by atoms with Gasteiger partial charge in [0.15, 0.2) is 5.03 Å². The lowest BCUT2D eigenvalue weighted by Crippen LogP contribution is -2.47. The second-order valence-corrected chi connectivity index (χ2v) is 6.43. The number of sulfonamides is 1. The van der Waals surface area contributed by atoms with E-state index in [2.05, 4.69) is 0 Å². The van der Waals surface area contributed by atoms with Gasteiger partial charge in [-0.1, -0.05) is 18.2 Å². The first-order valence-corrected chi connectivity index (χ1v) is 7.48. The Hall–Kier alpha value is -2.83. The molecule has 0 aromatic heterocycles. The van der Waals surface area contributed by atoms with Crippen LogP contribution in [0.15, 0.2) is 35.2 Å². The highest BCUT2D eigenvalue weighted by Gasteiger charge is 2.52. The van der Waals surface area contributed by atoms with Crippen molar-refractivity contribution in [2.24, 2.45) is 0 Å². The summed E-state index contributed by atoms with van der Waals surface area (Å²) in [7, 11) is -4.59. The number of hydrazine groups is 1. The van der Waals surface area contributed by atoms with Gasteiger partial charge in [-0.05, 0) is 16.5 Å². The van der Waals surface area contributed by atoms with Crippen LogP contribution in [0.25, 0.3) is 0 Å². The van der Waals surface area contributed by atoms with Crippen LogP contribution >= 0.6 is 0 Å². The number of rotatable bonds is 8. The molecule has 23 heavy (non-hydrogen) atoms. The van der Waals surface area contributed by atoms with Gasteiger partial charge in [-0.25, -0.2) is 10.1 Å². The minimum absolute atomic E-state index is 0.242. The lowest BCUT2D eigenvalue weighted by molar-refractivity contribution is -0.794. The number of hydrogen-bond acceptors (Lipinski definition) is 8. The zero-order valence-corrected chi connectivity index (χ0v) is 12.6. The highest BCUT2D eigenvalue weighted by atomic mass is 32.2. The van der Waals surface area contributed by atoms with Crippen molar-refractivity contribution < 1.29 is 23.3 Å². The topological polar surface area (TPSA) is 167 Å². The van der Waals surface area contributed by atoms with Gasteiger partial charge in [-0.3, -0.25) is 20.2 Å². The van der Waals surface area contributed by atoms with Gasteiger partial charge in [0.1, 0.15) is 13.0 Å². The van der Waals surface area contributed by atoms with Crippen molar-refractivity contribution in [2.75, 3.05) is 6.54 Å². The van der Waals surface area contributed by atoms with Crippen LogP contribution in [-0.4, -0.2) is 39.9 Å². The maximum absolute atomic E-state index is 12.2. The molecule has 13 heteroatoms. The normalized spacial score (nSPS) is 11.7. The molecule has 0 saturated heterocycles. The summed E-state index contributed by atoms with van der Waals surface area (Å²) >= 11 is 0. The van der Waals surface area contributed by atoms with Crippen molar-refractivity contribution >= 4 is 10.0 Å². The molecule has 0 radical (unpaired) electrons. The standard InChI is InChI=1S/C10H12N4O8S/c1-10(12(15)16,13(17)18)7-8-11(14(19)20)23(21,22)9-5-3-2-4-6-9/h2-6H,7-8H2,1H3. The van der Waals surface area contributed by atoms with E-state index in [0.717, 1.165) is 12.1 Å². The summed E-state index contributed by atoms with van der Waals surface area (Å²) in [6.07, 6.45) is -0.972. The zero-order valence-electron chi connectivity index (χ0n) is 11.8. The first-order valence-electron chi connectivity index (χ1n) is 6.04. The molecule has 0 amide bonds. The molecule has 1 aromatic rings. The fourth-order valence-corrected chi connectivity index (χ4v) is 2.81. The fourth-order valence-electron chi connectivity index (χ4n) is 1.56. The third-order valence-corrected chi connectivity index (χ3v) is 4.80. The summed E-state index contributed by atoms with van der Waals surface area (Å²) < 4.78 is 24.1. The smallest absolute Gasteiger partial charge is 0.258 e. The average molecular weight is 348 g/mol. The monoisotopic (exact) mass is 348 g/mol. The van der Waals surface area contributed by atoms with Crippen molar-refractivity contribution in [2.45, 2.75) is 23.9 Å². The summed E-state index contributed by atoms with van der Waals surface area (Å²) in [5.74, 6) is 0. The van der Waals surface area contributed by atoms with Crippen molar-refractivity contribution in [1.29, 1.82) is 0 Å².